The van der Waals surface area contributed by atoms with E-state index >= 15 is 0 Å². The molecule has 0 N–H and O–H groups in total. The second-order valence-electron chi connectivity index (χ2n) is 2.86. The van der Waals surface area contributed by atoms with Crippen LogP contribution in [0.5, 0.6) is 17.2 Å². The van der Waals surface area contributed by atoms with Crippen LogP contribution in [0.1, 0.15) is 0 Å². The number of benzene rings is 2. The van der Waals surface area contributed by atoms with Crippen molar-refractivity contribution in [1.82, 2.24) is 0 Å². The Morgan fingerprint density at radius 2 is 1.43 bits per heavy atom. The lowest BCUT2D eigenvalue weighted by atomic mass is 10.3. The molecule has 2 nitrogen and oxygen atoms in total. The average molecular weight is 185 g/mol. The van der Waals surface area contributed by atoms with Crippen LogP contribution < -0.4 is 9.84 Å². The monoisotopic (exact) mass is 185 g/mol. The highest BCUT2D eigenvalue weighted by atomic mass is 16.5. The summed E-state index contributed by atoms with van der Waals surface area (Å²) in [5.74, 6) is 0.936. The van der Waals surface area contributed by atoms with Crippen LogP contribution in [-0.2, 0) is 0 Å². The van der Waals surface area contributed by atoms with E-state index in [4.69, 9.17) is 4.74 Å². The van der Waals surface area contributed by atoms with Gasteiger partial charge in [0.15, 0.2) is 0 Å². The Hall–Kier alpha value is -1.96. The van der Waals surface area contributed by atoms with Crippen LogP contribution in [0.3, 0.4) is 0 Å². The molecule has 0 aromatic heterocycles. The molecule has 70 valence electrons. The van der Waals surface area contributed by atoms with Gasteiger partial charge in [0, 0.05) is 0 Å². The Balaban J connectivity index is 2.24. The van der Waals surface area contributed by atoms with Crippen molar-refractivity contribution in [3.8, 4) is 17.2 Å². The Kier molecular flexibility index (Phi) is 2.36. The molecule has 14 heavy (non-hydrogen) atoms. The van der Waals surface area contributed by atoms with Crippen molar-refractivity contribution >= 4 is 0 Å². The summed E-state index contributed by atoms with van der Waals surface area (Å²) in [6, 6.07) is 15.9. The van der Waals surface area contributed by atoms with Gasteiger partial charge in [-0.2, -0.15) is 0 Å². The third kappa shape index (κ3) is 1.85. The van der Waals surface area contributed by atoms with Crippen molar-refractivity contribution in [2.24, 2.45) is 0 Å². The van der Waals surface area contributed by atoms with Crippen molar-refractivity contribution in [3.05, 3.63) is 54.6 Å². The van der Waals surface area contributed by atoms with Crippen LogP contribution in [0.15, 0.2) is 54.6 Å². The maximum Gasteiger partial charge on any atom is 0.127 e. The normalized spacial score (nSPS) is 9.71. The first-order valence-corrected chi connectivity index (χ1v) is 4.35. The number of ether oxygens (including phenoxy) is 1. The third-order valence-electron chi connectivity index (χ3n) is 1.82. The Morgan fingerprint density at radius 3 is 2.14 bits per heavy atom. The molecule has 0 unspecified atom stereocenters. The molecule has 0 radical (unpaired) electrons. The molecule has 2 rings (SSSR count). The van der Waals surface area contributed by atoms with Gasteiger partial charge in [-0.1, -0.05) is 42.1 Å². The fraction of sp³-hybridized carbons (Fsp3) is 0. The average Bonchev–Trinajstić information content (AvgIpc) is 2.23. The molecule has 0 spiro atoms. The van der Waals surface area contributed by atoms with Gasteiger partial charge in [-0.15, -0.1) is 0 Å². The topological polar surface area (TPSA) is 32.3 Å². The molecule has 0 fully saturated rings. The number of hydrogen-bond acceptors (Lipinski definition) is 2. The van der Waals surface area contributed by atoms with E-state index in [1.54, 1.807) is 18.2 Å². The van der Waals surface area contributed by atoms with Crippen molar-refractivity contribution in [3.63, 3.8) is 0 Å². The van der Waals surface area contributed by atoms with Gasteiger partial charge in [0.25, 0.3) is 0 Å². The Bertz CT molecular complexity index is 410. The number of rotatable bonds is 2. The summed E-state index contributed by atoms with van der Waals surface area (Å²) in [6.07, 6.45) is 0. The first-order valence-electron chi connectivity index (χ1n) is 4.35. The molecule has 0 saturated carbocycles. The summed E-state index contributed by atoms with van der Waals surface area (Å²) >= 11 is 0. The highest BCUT2D eigenvalue weighted by Crippen LogP contribution is 2.27. The Morgan fingerprint density at radius 1 is 0.786 bits per heavy atom. The van der Waals surface area contributed by atoms with Gasteiger partial charge in [0.1, 0.15) is 11.5 Å². The van der Waals surface area contributed by atoms with E-state index in [9.17, 15) is 5.11 Å². The minimum absolute atomic E-state index is 0.101. The molecule has 0 aliphatic carbocycles. The van der Waals surface area contributed by atoms with Gasteiger partial charge in [-0.25, -0.2) is 0 Å². The summed E-state index contributed by atoms with van der Waals surface area (Å²) in [5.41, 5.74) is 0. The number of hydrogen-bond donors (Lipinski definition) is 0. The maximum absolute atomic E-state index is 11.3. The zero-order valence-corrected chi connectivity index (χ0v) is 7.51. The van der Waals surface area contributed by atoms with Gasteiger partial charge < -0.3 is 9.84 Å². The highest BCUT2D eigenvalue weighted by molar-refractivity contribution is 5.40. The van der Waals surface area contributed by atoms with Crippen LogP contribution in [0.4, 0.5) is 0 Å². The quantitative estimate of drug-likeness (QED) is 0.720. The minimum atomic E-state index is -0.101. The van der Waals surface area contributed by atoms with Crippen molar-refractivity contribution in [1.29, 1.82) is 0 Å². The molecule has 0 aliphatic rings. The molecule has 0 aliphatic heterocycles. The van der Waals surface area contributed by atoms with E-state index < -0.39 is 0 Å². The second-order valence-corrected chi connectivity index (χ2v) is 2.86. The maximum atomic E-state index is 11.3. The lowest BCUT2D eigenvalue weighted by Gasteiger charge is -2.13. The van der Waals surface area contributed by atoms with Crippen molar-refractivity contribution in [2.75, 3.05) is 0 Å². The van der Waals surface area contributed by atoms with E-state index in [0.29, 0.717) is 11.5 Å². The predicted molar refractivity (Wildman–Crippen MR) is 52.4 cm³/mol. The van der Waals surface area contributed by atoms with Crippen LogP contribution in [0, 0.1) is 0 Å². The molecule has 2 aromatic carbocycles. The lowest BCUT2D eigenvalue weighted by molar-refractivity contribution is -0.269. The van der Waals surface area contributed by atoms with E-state index in [2.05, 4.69) is 0 Å². The first kappa shape index (κ1) is 8.63. The number of para-hydroxylation sites is 3. The third-order valence-corrected chi connectivity index (χ3v) is 1.82. The largest absolute Gasteiger partial charge is 0.870 e. The van der Waals surface area contributed by atoms with Gasteiger partial charge >= 0.3 is 0 Å². The first-order chi connectivity index (χ1) is 6.86. The molecule has 0 amide bonds. The molecular weight excluding hydrogens is 176 g/mol. The van der Waals surface area contributed by atoms with Gasteiger partial charge in [0.05, 0.1) is 0 Å². The van der Waals surface area contributed by atoms with Crippen molar-refractivity contribution in [2.45, 2.75) is 0 Å². The molecule has 0 saturated heterocycles. The van der Waals surface area contributed by atoms with Gasteiger partial charge in [-0.05, 0) is 18.2 Å². The second kappa shape index (κ2) is 3.83. The molecule has 0 bridgehead atoms. The molecular formula is C12H9O2-. The zero-order valence-electron chi connectivity index (χ0n) is 7.51. The van der Waals surface area contributed by atoms with E-state index in [0.717, 1.165) is 0 Å². The molecule has 2 aromatic rings. The van der Waals surface area contributed by atoms with Crippen LogP contribution in [-0.4, -0.2) is 0 Å². The van der Waals surface area contributed by atoms with Crippen LogP contribution in [0.25, 0.3) is 0 Å². The van der Waals surface area contributed by atoms with Gasteiger partial charge in [0.2, 0.25) is 0 Å². The Labute approximate surface area is 82.4 Å². The fourth-order valence-electron chi connectivity index (χ4n) is 1.15. The highest BCUT2D eigenvalue weighted by Gasteiger charge is 1.95. The summed E-state index contributed by atoms with van der Waals surface area (Å²) in [7, 11) is 0. The van der Waals surface area contributed by atoms with Crippen molar-refractivity contribution < 1.29 is 9.84 Å². The molecule has 0 heterocycles. The smallest absolute Gasteiger partial charge is 0.127 e. The summed E-state index contributed by atoms with van der Waals surface area (Å²) in [5, 5.41) is 11.3. The van der Waals surface area contributed by atoms with E-state index in [1.165, 1.54) is 6.07 Å². The lowest BCUT2D eigenvalue weighted by Crippen LogP contribution is -1.93. The summed E-state index contributed by atoms with van der Waals surface area (Å²) in [6.45, 7) is 0. The van der Waals surface area contributed by atoms with Crippen LogP contribution >= 0.6 is 0 Å². The fourth-order valence-corrected chi connectivity index (χ4v) is 1.15. The van der Waals surface area contributed by atoms with E-state index in [-0.39, 0.29) is 5.75 Å². The molecule has 0 atom stereocenters. The molecule has 2 heteroatoms. The van der Waals surface area contributed by atoms with Gasteiger partial charge in [-0.3, -0.25) is 0 Å². The minimum Gasteiger partial charge on any atom is -0.870 e. The zero-order chi connectivity index (χ0) is 9.80. The SMILES string of the molecule is [O-]c1ccccc1Oc1ccccc1. The standard InChI is InChI=1S/C12H10O2/c13-11-8-4-5-9-12(11)14-10-6-2-1-3-7-10/h1-9,13H/p-1. The predicted octanol–water partition coefficient (Wildman–Crippen LogP) is 2.55. The summed E-state index contributed by atoms with van der Waals surface area (Å²) in [4.78, 5) is 0. The van der Waals surface area contributed by atoms with Crippen LogP contribution in [0.2, 0.25) is 0 Å². The van der Waals surface area contributed by atoms with E-state index in [1.807, 2.05) is 30.3 Å². The summed E-state index contributed by atoms with van der Waals surface area (Å²) < 4.78 is 5.40.